The number of anilines is 1. The summed E-state index contributed by atoms with van der Waals surface area (Å²) in [7, 11) is 4.65. The zero-order chi connectivity index (χ0) is 21.1. The summed E-state index contributed by atoms with van der Waals surface area (Å²) in [5.74, 6) is 1.45. The van der Waals surface area contributed by atoms with Gasteiger partial charge in [0.15, 0.2) is 11.5 Å². The number of nitrogens with zero attached hydrogens (tertiary/aromatic N) is 2. The van der Waals surface area contributed by atoms with Crippen molar-refractivity contribution in [1.29, 1.82) is 0 Å². The zero-order valence-corrected chi connectivity index (χ0v) is 17.3. The Morgan fingerprint density at radius 3 is 2.27 bits per heavy atom. The van der Waals surface area contributed by atoms with Crippen LogP contribution in [0.2, 0.25) is 0 Å². The molecule has 7 nitrogen and oxygen atoms in total. The van der Waals surface area contributed by atoms with Gasteiger partial charge in [0.1, 0.15) is 0 Å². The number of ether oxygens (including phenoxy) is 3. The topological polar surface area (TPSA) is 65.0 Å². The average molecular weight is 407 g/mol. The second-order valence-electron chi connectivity index (χ2n) is 6.98. The molecule has 4 rings (SSSR count). The lowest BCUT2D eigenvalue weighted by molar-refractivity contribution is 0.182. The molecule has 2 amide bonds. The van der Waals surface area contributed by atoms with Gasteiger partial charge in [-0.1, -0.05) is 30.3 Å². The number of hydrogen-bond donors (Lipinski definition) is 1. The third kappa shape index (κ3) is 3.54. The molecule has 1 aliphatic heterocycles. The Labute approximate surface area is 175 Å². The maximum Gasteiger partial charge on any atom is 0.322 e. The summed E-state index contributed by atoms with van der Waals surface area (Å²) in [4.78, 5) is 15.2. The van der Waals surface area contributed by atoms with Gasteiger partial charge in [0.25, 0.3) is 0 Å². The van der Waals surface area contributed by atoms with E-state index in [-0.39, 0.29) is 12.1 Å². The van der Waals surface area contributed by atoms with E-state index in [9.17, 15) is 4.79 Å². The molecule has 156 valence electrons. The largest absolute Gasteiger partial charge is 0.493 e. The number of benzene rings is 2. The number of fused-ring (bicyclic) bond motifs is 1. The third-order valence-electron chi connectivity index (χ3n) is 5.33. The molecule has 0 bridgehead atoms. The molecule has 0 saturated heterocycles. The van der Waals surface area contributed by atoms with E-state index in [4.69, 9.17) is 14.2 Å². The van der Waals surface area contributed by atoms with Crippen LogP contribution in [0.4, 0.5) is 10.5 Å². The number of amides is 2. The molecule has 1 atom stereocenters. The second-order valence-corrected chi connectivity index (χ2v) is 6.98. The van der Waals surface area contributed by atoms with E-state index in [1.165, 1.54) is 0 Å². The number of nitrogens with one attached hydrogen (secondary N) is 1. The summed E-state index contributed by atoms with van der Waals surface area (Å²) in [5, 5.41) is 3.00. The molecule has 7 heteroatoms. The van der Waals surface area contributed by atoms with E-state index >= 15 is 0 Å². The SMILES string of the molecule is COc1cc(NC(=O)N2CCn3cccc3[C@H]2c2ccccc2)cc(OC)c1OC. The first-order chi connectivity index (χ1) is 14.7. The van der Waals surface area contributed by atoms with Gasteiger partial charge in [0, 0.05) is 37.1 Å². The van der Waals surface area contributed by atoms with Gasteiger partial charge in [-0.25, -0.2) is 4.79 Å². The maximum atomic E-state index is 13.3. The summed E-state index contributed by atoms with van der Waals surface area (Å²) in [6.45, 7) is 1.34. The lowest BCUT2D eigenvalue weighted by atomic mass is 10.0. The van der Waals surface area contributed by atoms with E-state index in [1.54, 1.807) is 33.5 Å². The molecule has 0 aliphatic carbocycles. The summed E-state index contributed by atoms with van der Waals surface area (Å²) in [6, 6.07) is 17.2. The lowest BCUT2D eigenvalue weighted by Gasteiger charge is -2.37. The molecule has 0 unspecified atom stereocenters. The molecule has 30 heavy (non-hydrogen) atoms. The van der Waals surface area contributed by atoms with Crippen LogP contribution in [0.1, 0.15) is 17.3 Å². The fourth-order valence-corrected chi connectivity index (χ4v) is 3.94. The van der Waals surface area contributed by atoms with Crippen LogP contribution in [0.3, 0.4) is 0 Å². The van der Waals surface area contributed by atoms with E-state index in [2.05, 4.69) is 22.1 Å². The van der Waals surface area contributed by atoms with Crippen molar-refractivity contribution in [2.24, 2.45) is 0 Å². The van der Waals surface area contributed by atoms with Crippen molar-refractivity contribution in [1.82, 2.24) is 9.47 Å². The minimum absolute atomic E-state index is 0.169. The Morgan fingerprint density at radius 2 is 1.63 bits per heavy atom. The molecular formula is C23H25N3O4. The Balaban J connectivity index is 1.66. The predicted molar refractivity (Wildman–Crippen MR) is 115 cm³/mol. The standard InChI is InChI=1S/C23H25N3O4/c1-28-19-14-17(15-20(29-2)22(19)30-3)24-23(27)26-13-12-25-11-7-10-18(25)21(26)16-8-5-4-6-9-16/h4-11,14-15,21H,12-13H2,1-3H3,(H,24,27)/t21-/m1/s1. The minimum Gasteiger partial charge on any atom is -0.493 e. The molecule has 0 spiro atoms. The van der Waals surface area contributed by atoms with Crippen molar-refractivity contribution < 1.29 is 19.0 Å². The van der Waals surface area contributed by atoms with Crippen LogP contribution in [0, 0.1) is 0 Å². The van der Waals surface area contributed by atoms with Gasteiger partial charge in [0.05, 0.1) is 33.1 Å². The summed E-state index contributed by atoms with van der Waals surface area (Å²) in [5.41, 5.74) is 2.73. The molecule has 1 N–H and O–H groups in total. The highest BCUT2D eigenvalue weighted by atomic mass is 16.5. The highest BCUT2D eigenvalue weighted by Crippen LogP contribution is 2.40. The average Bonchev–Trinajstić information content (AvgIpc) is 3.27. The minimum atomic E-state index is -0.189. The highest BCUT2D eigenvalue weighted by Gasteiger charge is 2.32. The maximum absolute atomic E-state index is 13.3. The van der Waals surface area contributed by atoms with Crippen molar-refractivity contribution in [3.8, 4) is 17.2 Å². The molecule has 3 aromatic rings. The molecule has 2 aromatic carbocycles. The number of urea groups is 1. The van der Waals surface area contributed by atoms with Gasteiger partial charge >= 0.3 is 6.03 Å². The molecular weight excluding hydrogens is 382 g/mol. The van der Waals surface area contributed by atoms with Crippen LogP contribution >= 0.6 is 0 Å². The third-order valence-corrected chi connectivity index (χ3v) is 5.33. The fraction of sp³-hybridized carbons (Fsp3) is 0.261. The summed E-state index contributed by atoms with van der Waals surface area (Å²) in [6.07, 6.45) is 2.06. The van der Waals surface area contributed by atoms with Crippen LogP contribution in [-0.4, -0.2) is 43.4 Å². The summed E-state index contributed by atoms with van der Waals surface area (Å²) >= 11 is 0. The fourth-order valence-electron chi connectivity index (χ4n) is 3.94. The van der Waals surface area contributed by atoms with Crippen molar-refractivity contribution in [3.05, 3.63) is 72.1 Å². The van der Waals surface area contributed by atoms with Crippen LogP contribution in [0.5, 0.6) is 17.2 Å². The van der Waals surface area contributed by atoms with Crippen molar-refractivity contribution in [2.75, 3.05) is 33.2 Å². The Kier molecular flexibility index (Phi) is 5.52. The van der Waals surface area contributed by atoms with Gasteiger partial charge in [0.2, 0.25) is 5.75 Å². The van der Waals surface area contributed by atoms with E-state index in [0.29, 0.717) is 29.5 Å². The number of carbonyl (C=O) groups is 1. The van der Waals surface area contributed by atoms with Crippen LogP contribution in [0.25, 0.3) is 0 Å². The smallest absolute Gasteiger partial charge is 0.322 e. The first-order valence-corrected chi connectivity index (χ1v) is 9.74. The van der Waals surface area contributed by atoms with Crippen LogP contribution in [0.15, 0.2) is 60.8 Å². The molecule has 0 fully saturated rings. The van der Waals surface area contributed by atoms with E-state index < -0.39 is 0 Å². The predicted octanol–water partition coefficient (Wildman–Crippen LogP) is 4.15. The molecule has 0 saturated carbocycles. The lowest BCUT2D eigenvalue weighted by Crippen LogP contribution is -2.44. The van der Waals surface area contributed by atoms with Gasteiger partial charge in [-0.15, -0.1) is 0 Å². The highest BCUT2D eigenvalue weighted by molar-refractivity contribution is 5.91. The normalized spacial score (nSPS) is 15.3. The van der Waals surface area contributed by atoms with Gasteiger partial charge in [-0.3, -0.25) is 0 Å². The van der Waals surface area contributed by atoms with Gasteiger partial charge in [-0.05, 0) is 17.7 Å². The van der Waals surface area contributed by atoms with Crippen molar-refractivity contribution in [2.45, 2.75) is 12.6 Å². The van der Waals surface area contributed by atoms with Crippen LogP contribution in [-0.2, 0) is 6.54 Å². The zero-order valence-electron chi connectivity index (χ0n) is 17.3. The van der Waals surface area contributed by atoms with E-state index in [1.807, 2.05) is 41.3 Å². The number of methoxy groups -OCH3 is 3. The molecule has 0 radical (unpaired) electrons. The van der Waals surface area contributed by atoms with E-state index in [0.717, 1.165) is 17.8 Å². The molecule has 1 aromatic heterocycles. The quantitative estimate of drug-likeness (QED) is 0.690. The number of carbonyl (C=O) groups excluding carboxylic acids is 1. The van der Waals surface area contributed by atoms with Gasteiger partial charge in [-0.2, -0.15) is 0 Å². The first-order valence-electron chi connectivity index (χ1n) is 9.74. The second kappa shape index (κ2) is 8.41. The summed E-state index contributed by atoms with van der Waals surface area (Å²) < 4.78 is 18.4. The number of aromatic nitrogens is 1. The monoisotopic (exact) mass is 407 g/mol. The van der Waals surface area contributed by atoms with Crippen LogP contribution < -0.4 is 19.5 Å². The van der Waals surface area contributed by atoms with Crippen molar-refractivity contribution >= 4 is 11.7 Å². The first kappa shape index (κ1) is 19.7. The molecule has 2 heterocycles. The van der Waals surface area contributed by atoms with Crippen molar-refractivity contribution in [3.63, 3.8) is 0 Å². The Hall–Kier alpha value is -3.61. The number of hydrogen-bond acceptors (Lipinski definition) is 4. The Bertz CT molecular complexity index is 1010. The Morgan fingerprint density at radius 1 is 0.933 bits per heavy atom. The molecule has 1 aliphatic rings. The number of rotatable bonds is 5. The van der Waals surface area contributed by atoms with Gasteiger partial charge < -0.3 is 29.0 Å².